The molecule has 3 aromatic carbocycles. The van der Waals surface area contributed by atoms with Crippen LogP contribution in [0.4, 0.5) is 5.69 Å². The van der Waals surface area contributed by atoms with Gasteiger partial charge in [-0.3, -0.25) is 4.79 Å². The minimum atomic E-state index is -1.10. The quantitative estimate of drug-likeness (QED) is 0.705. The number of carbonyl (C=O) groups excluding carboxylic acids is 1. The number of benzene rings is 3. The maximum absolute atomic E-state index is 12.0. The van der Waals surface area contributed by atoms with E-state index in [-0.39, 0.29) is 17.9 Å². The van der Waals surface area contributed by atoms with Crippen molar-refractivity contribution in [3.8, 4) is 16.9 Å². The van der Waals surface area contributed by atoms with Gasteiger partial charge in [-0.1, -0.05) is 54.6 Å². The number of ether oxygens (including phenoxy) is 1. The Labute approximate surface area is 150 Å². The monoisotopic (exact) mass is 347 g/mol. The average molecular weight is 347 g/mol. The molecule has 0 saturated carbocycles. The molecule has 0 aromatic heterocycles. The zero-order valence-corrected chi connectivity index (χ0v) is 13.9. The van der Waals surface area contributed by atoms with Crippen LogP contribution < -0.4 is 10.1 Å². The number of aromatic carboxylic acids is 1. The van der Waals surface area contributed by atoms with Crippen LogP contribution in [0, 0.1) is 0 Å². The predicted molar refractivity (Wildman–Crippen MR) is 99.4 cm³/mol. The van der Waals surface area contributed by atoms with Crippen molar-refractivity contribution in [2.24, 2.45) is 0 Å². The topological polar surface area (TPSA) is 75.6 Å². The van der Waals surface area contributed by atoms with Gasteiger partial charge in [-0.15, -0.1) is 0 Å². The molecule has 0 saturated heterocycles. The van der Waals surface area contributed by atoms with Crippen molar-refractivity contribution in [2.75, 3.05) is 11.9 Å². The van der Waals surface area contributed by atoms with Crippen LogP contribution in [-0.4, -0.2) is 23.6 Å². The SMILES string of the molecule is O=C(COc1ccc(-c2ccccc2)cc1)Nc1ccccc1C(=O)O. The number of nitrogens with one attached hydrogen (secondary N) is 1. The molecule has 2 N–H and O–H groups in total. The Balaban J connectivity index is 1.59. The van der Waals surface area contributed by atoms with Crippen LogP contribution in [0.15, 0.2) is 78.9 Å². The van der Waals surface area contributed by atoms with Crippen molar-refractivity contribution in [3.05, 3.63) is 84.4 Å². The van der Waals surface area contributed by atoms with E-state index in [1.54, 1.807) is 24.3 Å². The molecule has 5 heteroatoms. The minimum absolute atomic E-state index is 0.0352. The third-order valence-corrected chi connectivity index (χ3v) is 3.76. The Morgan fingerprint density at radius 1 is 0.808 bits per heavy atom. The molecule has 0 aliphatic carbocycles. The second-order valence-corrected chi connectivity index (χ2v) is 5.58. The Kier molecular flexibility index (Phi) is 5.29. The number of hydrogen-bond acceptors (Lipinski definition) is 3. The van der Waals surface area contributed by atoms with Crippen LogP contribution in [0.3, 0.4) is 0 Å². The lowest BCUT2D eigenvalue weighted by Crippen LogP contribution is -2.21. The summed E-state index contributed by atoms with van der Waals surface area (Å²) in [4.78, 5) is 23.2. The molecule has 3 aromatic rings. The van der Waals surface area contributed by atoms with Gasteiger partial charge >= 0.3 is 5.97 Å². The van der Waals surface area contributed by atoms with Crippen LogP contribution >= 0.6 is 0 Å². The van der Waals surface area contributed by atoms with E-state index < -0.39 is 11.9 Å². The largest absolute Gasteiger partial charge is 0.484 e. The van der Waals surface area contributed by atoms with E-state index in [0.717, 1.165) is 11.1 Å². The Morgan fingerprint density at radius 3 is 2.12 bits per heavy atom. The molecular formula is C21H17NO4. The molecule has 3 rings (SSSR count). The fourth-order valence-corrected chi connectivity index (χ4v) is 2.49. The predicted octanol–water partition coefficient (Wildman–Crippen LogP) is 4.07. The second kappa shape index (κ2) is 7.98. The Bertz CT molecular complexity index is 905. The fraction of sp³-hybridized carbons (Fsp3) is 0.0476. The van der Waals surface area contributed by atoms with E-state index in [1.807, 2.05) is 42.5 Å². The first-order chi connectivity index (χ1) is 12.6. The highest BCUT2D eigenvalue weighted by atomic mass is 16.5. The highest BCUT2D eigenvalue weighted by Crippen LogP contribution is 2.22. The van der Waals surface area contributed by atoms with E-state index in [4.69, 9.17) is 9.84 Å². The summed E-state index contributed by atoms with van der Waals surface area (Å²) in [5.74, 6) is -0.962. The summed E-state index contributed by atoms with van der Waals surface area (Å²) in [5.41, 5.74) is 2.43. The summed E-state index contributed by atoms with van der Waals surface area (Å²) in [6.07, 6.45) is 0. The van der Waals surface area contributed by atoms with Gasteiger partial charge in [-0.25, -0.2) is 4.79 Å². The van der Waals surface area contributed by atoms with E-state index in [0.29, 0.717) is 5.75 Å². The number of carbonyl (C=O) groups is 2. The summed E-state index contributed by atoms with van der Waals surface area (Å²) < 4.78 is 5.47. The van der Waals surface area contributed by atoms with Gasteiger partial charge in [-0.2, -0.15) is 0 Å². The lowest BCUT2D eigenvalue weighted by Gasteiger charge is -2.10. The minimum Gasteiger partial charge on any atom is -0.484 e. The molecule has 130 valence electrons. The van der Waals surface area contributed by atoms with Gasteiger partial charge < -0.3 is 15.2 Å². The number of carboxylic acid groups (broad SMARTS) is 1. The lowest BCUT2D eigenvalue weighted by atomic mass is 10.1. The molecule has 0 radical (unpaired) electrons. The van der Waals surface area contributed by atoms with Crippen LogP contribution in [0.5, 0.6) is 5.75 Å². The number of rotatable bonds is 6. The molecular weight excluding hydrogens is 330 g/mol. The van der Waals surface area contributed by atoms with Gasteiger partial charge in [0.25, 0.3) is 5.91 Å². The van der Waals surface area contributed by atoms with Crippen molar-refractivity contribution in [1.29, 1.82) is 0 Å². The molecule has 1 amide bonds. The van der Waals surface area contributed by atoms with Crippen molar-refractivity contribution in [1.82, 2.24) is 0 Å². The van der Waals surface area contributed by atoms with Crippen molar-refractivity contribution >= 4 is 17.6 Å². The van der Waals surface area contributed by atoms with Crippen LogP contribution in [0.2, 0.25) is 0 Å². The van der Waals surface area contributed by atoms with Crippen LogP contribution in [0.1, 0.15) is 10.4 Å². The normalized spacial score (nSPS) is 10.2. The summed E-state index contributed by atoms with van der Waals surface area (Å²) >= 11 is 0. The molecule has 0 aliphatic heterocycles. The van der Waals surface area contributed by atoms with E-state index in [9.17, 15) is 9.59 Å². The Morgan fingerprint density at radius 2 is 1.42 bits per heavy atom. The molecule has 5 nitrogen and oxygen atoms in total. The fourth-order valence-electron chi connectivity index (χ4n) is 2.49. The van der Waals surface area contributed by atoms with Gasteiger partial charge in [-0.05, 0) is 35.4 Å². The summed E-state index contributed by atoms with van der Waals surface area (Å²) in [6.45, 7) is -0.210. The molecule has 0 heterocycles. The number of anilines is 1. The van der Waals surface area contributed by atoms with Gasteiger partial charge in [0.2, 0.25) is 0 Å². The highest BCUT2D eigenvalue weighted by molar-refractivity contribution is 6.00. The van der Waals surface area contributed by atoms with Gasteiger partial charge in [0.15, 0.2) is 6.61 Å². The first-order valence-electron chi connectivity index (χ1n) is 8.04. The van der Waals surface area contributed by atoms with Gasteiger partial charge in [0.05, 0.1) is 11.3 Å². The molecule has 0 fully saturated rings. The summed E-state index contributed by atoms with van der Waals surface area (Å²) in [5, 5.41) is 11.7. The average Bonchev–Trinajstić information content (AvgIpc) is 2.68. The summed E-state index contributed by atoms with van der Waals surface area (Å²) in [7, 11) is 0. The zero-order chi connectivity index (χ0) is 18.4. The first kappa shape index (κ1) is 17.2. The first-order valence-corrected chi connectivity index (χ1v) is 8.04. The molecule has 0 spiro atoms. The van der Waals surface area contributed by atoms with Crippen molar-refractivity contribution in [2.45, 2.75) is 0 Å². The Hall–Kier alpha value is -3.60. The molecule has 0 bridgehead atoms. The standard InChI is InChI=1S/C21H17NO4/c23-20(22-19-9-5-4-8-18(19)21(24)25)14-26-17-12-10-16(11-13-17)15-6-2-1-3-7-15/h1-13H,14H2,(H,22,23)(H,24,25). The van der Waals surface area contributed by atoms with E-state index in [2.05, 4.69) is 5.32 Å². The summed E-state index contributed by atoms with van der Waals surface area (Å²) in [6, 6.07) is 23.6. The zero-order valence-electron chi connectivity index (χ0n) is 13.9. The van der Waals surface area contributed by atoms with Crippen molar-refractivity contribution in [3.63, 3.8) is 0 Å². The van der Waals surface area contributed by atoms with E-state index in [1.165, 1.54) is 12.1 Å². The van der Waals surface area contributed by atoms with E-state index >= 15 is 0 Å². The molecule has 0 atom stereocenters. The van der Waals surface area contributed by atoms with Gasteiger partial charge in [0, 0.05) is 0 Å². The molecule has 0 unspecified atom stereocenters. The number of para-hydroxylation sites is 1. The highest BCUT2D eigenvalue weighted by Gasteiger charge is 2.12. The van der Waals surface area contributed by atoms with Crippen molar-refractivity contribution < 1.29 is 19.4 Å². The number of carboxylic acids is 1. The molecule has 0 aliphatic rings. The van der Waals surface area contributed by atoms with Crippen LogP contribution in [-0.2, 0) is 4.79 Å². The third-order valence-electron chi connectivity index (χ3n) is 3.76. The van der Waals surface area contributed by atoms with Crippen LogP contribution in [0.25, 0.3) is 11.1 Å². The maximum Gasteiger partial charge on any atom is 0.337 e. The lowest BCUT2D eigenvalue weighted by molar-refractivity contribution is -0.118. The van der Waals surface area contributed by atoms with Gasteiger partial charge in [0.1, 0.15) is 5.75 Å². The molecule has 26 heavy (non-hydrogen) atoms. The smallest absolute Gasteiger partial charge is 0.337 e. The number of amides is 1. The second-order valence-electron chi connectivity index (χ2n) is 5.58. The third kappa shape index (κ3) is 4.27. The maximum atomic E-state index is 12.0. The number of hydrogen-bond donors (Lipinski definition) is 2.